The number of nitrogens with one attached hydrogen (secondary N) is 1. The Bertz CT molecular complexity index is 603. The van der Waals surface area contributed by atoms with E-state index in [1.807, 2.05) is 0 Å². The lowest BCUT2D eigenvalue weighted by Gasteiger charge is -2.23. The predicted molar refractivity (Wildman–Crippen MR) is 64.7 cm³/mol. The second-order valence-electron chi connectivity index (χ2n) is 4.43. The summed E-state index contributed by atoms with van der Waals surface area (Å²) in [6.45, 7) is 0. The van der Waals surface area contributed by atoms with Crippen molar-refractivity contribution in [2.24, 2.45) is 7.05 Å². The van der Waals surface area contributed by atoms with Crippen LogP contribution in [-0.2, 0) is 11.8 Å². The SMILES string of the molecule is Cn1ncc2c1NC(=O)CC2c1ccc(F)cc1. The van der Waals surface area contributed by atoms with Crippen molar-refractivity contribution in [3.05, 3.63) is 47.4 Å². The number of aromatic nitrogens is 2. The van der Waals surface area contributed by atoms with Crippen LogP contribution in [0.15, 0.2) is 30.5 Å². The van der Waals surface area contributed by atoms with Crippen LogP contribution in [0.4, 0.5) is 10.2 Å². The van der Waals surface area contributed by atoms with E-state index in [4.69, 9.17) is 0 Å². The molecule has 3 rings (SSSR count). The number of anilines is 1. The summed E-state index contributed by atoms with van der Waals surface area (Å²) < 4.78 is 14.6. The molecule has 0 radical (unpaired) electrons. The molecular weight excluding hydrogens is 233 g/mol. The van der Waals surface area contributed by atoms with Gasteiger partial charge in [-0.15, -0.1) is 0 Å². The van der Waals surface area contributed by atoms with Gasteiger partial charge in [-0.25, -0.2) is 4.39 Å². The van der Waals surface area contributed by atoms with Crippen LogP contribution in [-0.4, -0.2) is 15.7 Å². The third kappa shape index (κ3) is 1.68. The van der Waals surface area contributed by atoms with Crippen LogP contribution in [0.2, 0.25) is 0 Å². The van der Waals surface area contributed by atoms with Crippen molar-refractivity contribution in [2.75, 3.05) is 5.32 Å². The summed E-state index contributed by atoms with van der Waals surface area (Å²) in [7, 11) is 1.78. The van der Waals surface area contributed by atoms with E-state index in [9.17, 15) is 9.18 Å². The van der Waals surface area contributed by atoms with Gasteiger partial charge in [0.2, 0.25) is 5.91 Å². The number of nitrogens with zero attached hydrogens (tertiary/aromatic N) is 2. The Kier molecular flexibility index (Phi) is 2.40. The normalized spacial score (nSPS) is 18.3. The number of amides is 1. The van der Waals surface area contributed by atoms with Crippen LogP contribution in [0.1, 0.15) is 23.5 Å². The number of hydrogen-bond acceptors (Lipinski definition) is 2. The largest absolute Gasteiger partial charge is 0.311 e. The molecule has 5 heteroatoms. The standard InChI is InChI=1S/C13H12FN3O/c1-17-13-11(7-15-17)10(6-12(18)16-13)8-2-4-9(14)5-3-8/h2-5,7,10H,6H2,1H3,(H,16,18). The topological polar surface area (TPSA) is 46.9 Å². The van der Waals surface area contributed by atoms with Gasteiger partial charge in [-0.3, -0.25) is 9.48 Å². The fraction of sp³-hybridized carbons (Fsp3) is 0.231. The summed E-state index contributed by atoms with van der Waals surface area (Å²) in [6, 6.07) is 6.26. The summed E-state index contributed by atoms with van der Waals surface area (Å²) >= 11 is 0. The van der Waals surface area contributed by atoms with Crippen LogP contribution in [0.25, 0.3) is 0 Å². The number of carbonyl (C=O) groups excluding carboxylic acids is 1. The second-order valence-corrected chi connectivity index (χ2v) is 4.43. The highest BCUT2D eigenvalue weighted by molar-refractivity contribution is 5.94. The molecule has 1 unspecified atom stereocenters. The number of hydrogen-bond donors (Lipinski definition) is 1. The summed E-state index contributed by atoms with van der Waals surface area (Å²) in [5.74, 6) is 0.356. The van der Waals surface area contributed by atoms with Gasteiger partial charge in [-0.2, -0.15) is 5.10 Å². The minimum atomic E-state index is -0.273. The minimum absolute atomic E-state index is 0.0413. The van der Waals surface area contributed by atoms with Crippen molar-refractivity contribution in [1.29, 1.82) is 0 Å². The van der Waals surface area contributed by atoms with Crippen molar-refractivity contribution in [2.45, 2.75) is 12.3 Å². The highest BCUT2D eigenvalue weighted by Gasteiger charge is 2.29. The van der Waals surface area contributed by atoms with Crippen molar-refractivity contribution in [3.8, 4) is 0 Å². The van der Waals surface area contributed by atoms with Gasteiger partial charge in [0.25, 0.3) is 0 Å². The van der Waals surface area contributed by atoms with Gasteiger partial charge in [-0.1, -0.05) is 12.1 Å². The van der Waals surface area contributed by atoms with E-state index in [0.29, 0.717) is 6.42 Å². The summed E-state index contributed by atoms with van der Waals surface area (Å²) in [6.07, 6.45) is 2.12. The first kappa shape index (κ1) is 11.0. The van der Waals surface area contributed by atoms with Gasteiger partial charge in [-0.05, 0) is 17.7 Å². The van der Waals surface area contributed by atoms with E-state index >= 15 is 0 Å². The first-order chi connectivity index (χ1) is 8.65. The number of fused-ring (bicyclic) bond motifs is 1. The molecule has 2 aromatic rings. The average Bonchev–Trinajstić information content (AvgIpc) is 2.71. The molecule has 0 fully saturated rings. The molecule has 92 valence electrons. The maximum absolute atomic E-state index is 12.9. The Morgan fingerprint density at radius 3 is 2.83 bits per heavy atom. The van der Waals surface area contributed by atoms with E-state index in [2.05, 4.69) is 10.4 Å². The molecule has 1 aliphatic heterocycles. The van der Waals surface area contributed by atoms with Crippen molar-refractivity contribution in [1.82, 2.24) is 9.78 Å². The molecule has 1 amide bonds. The molecule has 0 saturated carbocycles. The quantitative estimate of drug-likeness (QED) is 0.835. The van der Waals surface area contributed by atoms with Gasteiger partial charge in [0.1, 0.15) is 11.6 Å². The molecule has 1 aromatic heterocycles. The number of aryl methyl sites for hydroxylation is 1. The zero-order chi connectivity index (χ0) is 12.7. The van der Waals surface area contributed by atoms with E-state index in [1.54, 1.807) is 30.1 Å². The molecular formula is C13H12FN3O. The minimum Gasteiger partial charge on any atom is -0.311 e. The van der Waals surface area contributed by atoms with Crippen LogP contribution < -0.4 is 5.32 Å². The van der Waals surface area contributed by atoms with Gasteiger partial charge in [0.05, 0.1) is 6.20 Å². The lowest BCUT2D eigenvalue weighted by atomic mass is 9.87. The first-order valence-corrected chi connectivity index (χ1v) is 5.72. The molecule has 1 aromatic carbocycles. The zero-order valence-corrected chi connectivity index (χ0v) is 9.85. The average molecular weight is 245 g/mol. The second kappa shape index (κ2) is 3.94. The monoisotopic (exact) mass is 245 g/mol. The molecule has 4 nitrogen and oxygen atoms in total. The molecule has 1 atom stereocenters. The van der Waals surface area contributed by atoms with Crippen molar-refractivity contribution in [3.63, 3.8) is 0 Å². The molecule has 2 heterocycles. The number of carbonyl (C=O) groups is 1. The van der Waals surface area contributed by atoms with Gasteiger partial charge >= 0.3 is 0 Å². The molecule has 0 saturated heterocycles. The van der Waals surface area contributed by atoms with Crippen molar-refractivity contribution >= 4 is 11.7 Å². The Balaban J connectivity index is 2.07. The summed E-state index contributed by atoms with van der Waals surface area (Å²) in [5.41, 5.74) is 1.91. The summed E-state index contributed by atoms with van der Waals surface area (Å²) in [4.78, 5) is 11.7. The fourth-order valence-electron chi connectivity index (χ4n) is 2.33. The molecule has 0 spiro atoms. The maximum Gasteiger partial charge on any atom is 0.226 e. The molecule has 0 bridgehead atoms. The van der Waals surface area contributed by atoms with Crippen molar-refractivity contribution < 1.29 is 9.18 Å². The van der Waals surface area contributed by atoms with Crippen LogP contribution in [0.5, 0.6) is 0 Å². The van der Waals surface area contributed by atoms with Crippen LogP contribution in [0, 0.1) is 5.82 Å². The third-order valence-corrected chi connectivity index (χ3v) is 3.26. The Morgan fingerprint density at radius 2 is 2.11 bits per heavy atom. The lowest BCUT2D eigenvalue weighted by Crippen LogP contribution is -2.24. The molecule has 18 heavy (non-hydrogen) atoms. The van der Waals surface area contributed by atoms with E-state index in [-0.39, 0.29) is 17.6 Å². The lowest BCUT2D eigenvalue weighted by molar-refractivity contribution is -0.116. The maximum atomic E-state index is 12.9. The van der Waals surface area contributed by atoms with Gasteiger partial charge < -0.3 is 5.32 Å². The van der Waals surface area contributed by atoms with Gasteiger partial charge in [0.15, 0.2) is 0 Å². The van der Waals surface area contributed by atoms with E-state index in [1.165, 1.54) is 12.1 Å². The fourth-order valence-corrected chi connectivity index (χ4v) is 2.33. The molecule has 1 aliphatic rings. The molecule has 0 aliphatic carbocycles. The number of rotatable bonds is 1. The van der Waals surface area contributed by atoms with Crippen LogP contribution >= 0.6 is 0 Å². The molecule has 1 N–H and O–H groups in total. The van der Waals surface area contributed by atoms with Gasteiger partial charge in [0, 0.05) is 24.9 Å². The zero-order valence-electron chi connectivity index (χ0n) is 9.85. The Hall–Kier alpha value is -2.17. The Labute approximate surface area is 103 Å². The third-order valence-electron chi connectivity index (χ3n) is 3.26. The predicted octanol–water partition coefficient (Wildman–Crippen LogP) is 2.03. The van der Waals surface area contributed by atoms with Crippen LogP contribution in [0.3, 0.4) is 0 Å². The summed E-state index contributed by atoms with van der Waals surface area (Å²) in [5, 5.41) is 6.96. The highest BCUT2D eigenvalue weighted by atomic mass is 19.1. The highest BCUT2D eigenvalue weighted by Crippen LogP contribution is 2.36. The van der Waals surface area contributed by atoms with E-state index in [0.717, 1.165) is 16.9 Å². The Morgan fingerprint density at radius 1 is 1.39 bits per heavy atom. The van der Waals surface area contributed by atoms with E-state index < -0.39 is 0 Å². The number of benzene rings is 1. The smallest absolute Gasteiger partial charge is 0.226 e. The first-order valence-electron chi connectivity index (χ1n) is 5.72. The number of halogens is 1.